The summed E-state index contributed by atoms with van der Waals surface area (Å²) in [7, 11) is 1.73. The van der Waals surface area contributed by atoms with Crippen molar-refractivity contribution in [2.75, 3.05) is 24.2 Å². The van der Waals surface area contributed by atoms with Crippen LogP contribution in [0.15, 0.2) is 18.5 Å². The fourth-order valence-corrected chi connectivity index (χ4v) is 1.40. The monoisotopic (exact) mass is 263 g/mol. The van der Waals surface area contributed by atoms with E-state index in [9.17, 15) is 5.11 Å². The first-order chi connectivity index (χ1) is 9.22. The first-order valence-corrected chi connectivity index (χ1v) is 6.08. The normalized spacial score (nSPS) is 12.2. The van der Waals surface area contributed by atoms with Crippen LogP contribution in [-0.4, -0.2) is 49.5 Å². The summed E-state index contributed by atoms with van der Waals surface area (Å²) >= 11 is 0. The van der Waals surface area contributed by atoms with Crippen LogP contribution in [0.2, 0.25) is 0 Å². The Morgan fingerprint density at radius 2 is 2.11 bits per heavy atom. The zero-order valence-electron chi connectivity index (χ0n) is 10.9. The molecule has 2 aromatic rings. The van der Waals surface area contributed by atoms with Gasteiger partial charge < -0.3 is 15.7 Å². The lowest BCUT2D eigenvalue weighted by atomic mass is 10.3. The number of nitrogens with one attached hydrogen (secondary N) is 2. The molecule has 2 heterocycles. The Morgan fingerprint density at radius 3 is 2.74 bits per heavy atom. The molecule has 0 aliphatic carbocycles. The molecular weight excluding hydrogens is 246 g/mol. The minimum absolute atomic E-state index is 0.391. The van der Waals surface area contributed by atoms with Gasteiger partial charge in [-0.25, -0.2) is 4.68 Å². The Balaban J connectivity index is 2.21. The maximum absolute atomic E-state index is 9.53. The summed E-state index contributed by atoms with van der Waals surface area (Å²) in [6, 6.07) is 1.79. The molecule has 2 aromatic heterocycles. The van der Waals surface area contributed by atoms with Crippen molar-refractivity contribution in [3.05, 3.63) is 18.5 Å². The number of aromatic nitrogens is 5. The van der Waals surface area contributed by atoms with Crippen LogP contribution in [-0.2, 0) is 0 Å². The molecule has 8 nitrogen and oxygen atoms in total. The van der Waals surface area contributed by atoms with Crippen LogP contribution in [0.1, 0.15) is 13.3 Å². The lowest BCUT2D eigenvalue weighted by Gasteiger charge is -2.11. The molecule has 2 rings (SSSR count). The van der Waals surface area contributed by atoms with Gasteiger partial charge in [-0.3, -0.25) is 0 Å². The Bertz CT molecular complexity index is 514. The zero-order chi connectivity index (χ0) is 13.7. The first kappa shape index (κ1) is 13.2. The number of nitrogens with zero attached hydrogens (tertiary/aromatic N) is 5. The van der Waals surface area contributed by atoms with Gasteiger partial charge in [0.25, 0.3) is 5.95 Å². The highest BCUT2D eigenvalue weighted by atomic mass is 16.3. The SMILES string of the molecule is CCC(O)CNc1nc(NC)nc(-n2cccn2)n1. The van der Waals surface area contributed by atoms with Crippen molar-refractivity contribution >= 4 is 11.9 Å². The Morgan fingerprint density at radius 1 is 1.32 bits per heavy atom. The molecule has 0 saturated carbocycles. The molecule has 0 radical (unpaired) electrons. The number of aliphatic hydroxyl groups is 1. The fraction of sp³-hybridized carbons (Fsp3) is 0.455. The van der Waals surface area contributed by atoms with Gasteiger partial charge in [0.1, 0.15) is 0 Å². The maximum Gasteiger partial charge on any atom is 0.257 e. The van der Waals surface area contributed by atoms with E-state index in [-0.39, 0.29) is 0 Å². The maximum atomic E-state index is 9.53. The van der Waals surface area contributed by atoms with Gasteiger partial charge in [-0.05, 0) is 12.5 Å². The largest absolute Gasteiger partial charge is 0.391 e. The van der Waals surface area contributed by atoms with Gasteiger partial charge >= 0.3 is 0 Å². The average molecular weight is 263 g/mol. The van der Waals surface area contributed by atoms with Gasteiger partial charge in [0.2, 0.25) is 11.9 Å². The van der Waals surface area contributed by atoms with Crippen molar-refractivity contribution in [2.45, 2.75) is 19.4 Å². The van der Waals surface area contributed by atoms with E-state index in [1.165, 1.54) is 0 Å². The lowest BCUT2D eigenvalue weighted by Crippen LogP contribution is -2.20. The summed E-state index contributed by atoms with van der Waals surface area (Å²) in [5, 5.41) is 19.5. The number of aliphatic hydroxyl groups excluding tert-OH is 1. The minimum atomic E-state index is -0.428. The molecule has 0 spiro atoms. The highest BCUT2D eigenvalue weighted by Gasteiger charge is 2.08. The molecule has 0 aromatic carbocycles. The molecule has 19 heavy (non-hydrogen) atoms. The summed E-state index contributed by atoms with van der Waals surface area (Å²) in [6.45, 7) is 2.30. The highest BCUT2D eigenvalue weighted by Crippen LogP contribution is 2.08. The standard InChI is InChI=1S/C11H17N7O/c1-3-8(19)7-13-10-15-9(12-2)16-11(17-10)18-6-4-5-14-18/h4-6,8,19H,3,7H2,1-2H3,(H2,12,13,15,16,17). The van der Waals surface area contributed by atoms with Gasteiger partial charge in [-0.15, -0.1) is 0 Å². The van der Waals surface area contributed by atoms with Crippen molar-refractivity contribution in [3.63, 3.8) is 0 Å². The number of hydrogen-bond acceptors (Lipinski definition) is 7. The molecule has 0 aliphatic rings. The smallest absolute Gasteiger partial charge is 0.257 e. The van der Waals surface area contributed by atoms with Crippen LogP contribution in [0.4, 0.5) is 11.9 Å². The summed E-state index contributed by atoms with van der Waals surface area (Å²) in [6.07, 6.45) is 3.64. The number of rotatable bonds is 6. The molecule has 0 amide bonds. The van der Waals surface area contributed by atoms with Crippen LogP contribution in [0.5, 0.6) is 0 Å². The summed E-state index contributed by atoms with van der Waals surface area (Å²) in [5.74, 6) is 1.25. The van der Waals surface area contributed by atoms with Gasteiger partial charge in [0.15, 0.2) is 0 Å². The zero-order valence-corrected chi connectivity index (χ0v) is 10.9. The molecular formula is C11H17N7O. The Kier molecular flexibility index (Phi) is 4.24. The fourth-order valence-electron chi connectivity index (χ4n) is 1.40. The van der Waals surface area contributed by atoms with Crippen LogP contribution in [0.3, 0.4) is 0 Å². The predicted octanol–water partition coefficient (Wildman–Crippen LogP) is 0.282. The molecule has 0 saturated heterocycles. The topological polar surface area (TPSA) is 101 Å². The average Bonchev–Trinajstić information content (AvgIpc) is 2.98. The Labute approximate surface area is 110 Å². The van der Waals surface area contributed by atoms with Crippen LogP contribution in [0.25, 0.3) is 5.95 Å². The van der Waals surface area contributed by atoms with E-state index in [2.05, 4.69) is 30.7 Å². The third kappa shape index (κ3) is 3.38. The third-order valence-electron chi connectivity index (χ3n) is 2.52. The van der Waals surface area contributed by atoms with E-state index < -0.39 is 6.10 Å². The van der Waals surface area contributed by atoms with Crippen LogP contribution in [0, 0.1) is 0 Å². The molecule has 1 unspecified atom stereocenters. The molecule has 102 valence electrons. The minimum Gasteiger partial charge on any atom is -0.391 e. The first-order valence-electron chi connectivity index (χ1n) is 6.08. The van der Waals surface area contributed by atoms with Crippen molar-refractivity contribution in [2.24, 2.45) is 0 Å². The van der Waals surface area contributed by atoms with Gasteiger partial charge in [-0.1, -0.05) is 6.92 Å². The van der Waals surface area contributed by atoms with Crippen molar-refractivity contribution < 1.29 is 5.11 Å². The summed E-state index contributed by atoms with van der Waals surface area (Å²) in [5.41, 5.74) is 0. The van der Waals surface area contributed by atoms with Crippen molar-refractivity contribution in [3.8, 4) is 5.95 Å². The van der Waals surface area contributed by atoms with Gasteiger partial charge in [0, 0.05) is 26.0 Å². The van der Waals surface area contributed by atoms with E-state index in [1.807, 2.05) is 6.92 Å². The Hall–Kier alpha value is -2.22. The second-order valence-electron chi connectivity index (χ2n) is 3.93. The van der Waals surface area contributed by atoms with E-state index in [1.54, 1.807) is 30.2 Å². The van der Waals surface area contributed by atoms with Gasteiger partial charge in [0.05, 0.1) is 6.10 Å². The third-order valence-corrected chi connectivity index (χ3v) is 2.52. The van der Waals surface area contributed by atoms with Crippen molar-refractivity contribution in [1.82, 2.24) is 24.7 Å². The molecule has 0 bridgehead atoms. The lowest BCUT2D eigenvalue weighted by molar-refractivity contribution is 0.183. The molecule has 0 fully saturated rings. The van der Waals surface area contributed by atoms with E-state index >= 15 is 0 Å². The summed E-state index contributed by atoms with van der Waals surface area (Å²) in [4.78, 5) is 12.6. The molecule has 8 heteroatoms. The quantitative estimate of drug-likeness (QED) is 0.688. The molecule has 1 atom stereocenters. The van der Waals surface area contributed by atoms with Gasteiger partial charge in [-0.2, -0.15) is 20.1 Å². The second-order valence-corrected chi connectivity index (χ2v) is 3.93. The second kappa shape index (κ2) is 6.10. The predicted molar refractivity (Wildman–Crippen MR) is 71.3 cm³/mol. The van der Waals surface area contributed by atoms with Crippen LogP contribution >= 0.6 is 0 Å². The highest BCUT2D eigenvalue weighted by molar-refractivity contribution is 5.37. The van der Waals surface area contributed by atoms with Crippen molar-refractivity contribution in [1.29, 1.82) is 0 Å². The number of anilines is 2. The van der Waals surface area contributed by atoms with Crippen LogP contribution < -0.4 is 10.6 Å². The van der Waals surface area contributed by atoms with E-state index in [4.69, 9.17) is 0 Å². The number of hydrogen-bond donors (Lipinski definition) is 3. The summed E-state index contributed by atoms with van der Waals surface area (Å²) < 4.78 is 1.55. The molecule has 0 aliphatic heterocycles. The molecule has 3 N–H and O–H groups in total. The van der Waals surface area contributed by atoms with E-state index in [0.717, 1.165) is 0 Å². The van der Waals surface area contributed by atoms with E-state index in [0.29, 0.717) is 30.8 Å².